The third-order valence-corrected chi connectivity index (χ3v) is 3.37. The standard InChI is InChI=1S/C5H10O3S/c1-5(6)2-3-9(7,8)4-5/h6H,2-4H2,1H3. The van der Waals surface area contributed by atoms with Crippen molar-refractivity contribution in [2.75, 3.05) is 11.5 Å². The van der Waals surface area contributed by atoms with Crippen LogP contribution in [0, 0.1) is 0 Å². The van der Waals surface area contributed by atoms with E-state index in [9.17, 15) is 8.42 Å². The van der Waals surface area contributed by atoms with Crippen molar-refractivity contribution >= 4 is 9.84 Å². The van der Waals surface area contributed by atoms with Gasteiger partial charge >= 0.3 is 0 Å². The maximum absolute atomic E-state index is 10.7. The summed E-state index contributed by atoms with van der Waals surface area (Å²) in [5, 5.41) is 9.15. The minimum atomic E-state index is -2.90. The van der Waals surface area contributed by atoms with E-state index in [1.165, 1.54) is 0 Å². The Bertz CT molecular complexity index is 202. The molecule has 0 aromatic carbocycles. The predicted molar refractivity (Wildman–Crippen MR) is 33.9 cm³/mol. The summed E-state index contributed by atoms with van der Waals surface area (Å²) in [5.41, 5.74) is -0.959. The molecule has 0 amide bonds. The molecule has 0 spiro atoms. The summed E-state index contributed by atoms with van der Waals surface area (Å²) in [7, 11) is -2.90. The van der Waals surface area contributed by atoms with Crippen LogP contribution < -0.4 is 0 Å². The molecule has 0 aliphatic carbocycles. The Kier molecular flexibility index (Phi) is 1.33. The van der Waals surface area contributed by atoms with Crippen LogP contribution in [0.4, 0.5) is 0 Å². The molecular formula is C5H10O3S. The SMILES string of the molecule is CC1(O)CCS(=O)(=O)C1. The first kappa shape index (κ1) is 7.02. The Balaban J connectivity index is 2.81. The molecule has 1 N–H and O–H groups in total. The monoisotopic (exact) mass is 150 g/mol. The molecule has 0 aromatic rings. The first-order valence-corrected chi connectivity index (χ1v) is 4.66. The first-order chi connectivity index (χ1) is 3.91. The second kappa shape index (κ2) is 1.70. The van der Waals surface area contributed by atoms with E-state index in [4.69, 9.17) is 5.11 Å². The molecule has 1 unspecified atom stereocenters. The van der Waals surface area contributed by atoms with Crippen molar-refractivity contribution < 1.29 is 13.5 Å². The molecule has 1 heterocycles. The van der Waals surface area contributed by atoms with Gasteiger partial charge in [0.1, 0.15) is 0 Å². The van der Waals surface area contributed by atoms with Crippen LogP contribution in [-0.2, 0) is 9.84 Å². The fraction of sp³-hybridized carbons (Fsp3) is 1.00. The van der Waals surface area contributed by atoms with Gasteiger partial charge in [0.15, 0.2) is 9.84 Å². The molecule has 1 rings (SSSR count). The minimum Gasteiger partial charge on any atom is -0.389 e. The largest absolute Gasteiger partial charge is 0.389 e. The molecule has 0 aromatic heterocycles. The molecule has 1 aliphatic heterocycles. The van der Waals surface area contributed by atoms with Crippen molar-refractivity contribution in [2.45, 2.75) is 18.9 Å². The second-order valence-corrected chi connectivity index (χ2v) is 5.02. The summed E-state index contributed by atoms with van der Waals surface area (Å²) in [4.78, 5) is 0. The maximum Gasteiger partial charge on any atom is 0.153 e. The Morgan fingerprint density at radius 3 is 2.22 bits per heavy atom. The Morgan fingerprint density at radius 2 is 2.11 bits per heavy atom. The van der Waals surface area contributed by atoms with Gasteiger partial charge in [0.2, 0.25) is 0 Å². The molecule has 9 heavy (non-hydrogen) atoms. The average Bonchev–Trinajstić information content (AvgIpc) is 1.78. The van der Waals surface area contributed by atoms with E-state index in [1.54, 1.807) is 6.92 Å². The van der Waals surface area contributed by atoms with Crippen LogP contribution in [0.25, 0.3) is 0 Å². The van der Waals surface area contributed by atoms with E-state index in [0.717, 1.165) is 0 Å². The molecule has 4 heteroatoms. The predicted octanol–water partition coefficient (Wildman–Crippen LogP) is -0.444. The van der Waals surface area contributed by atoms with Gasteiger partial charge in [0, 0.05) is 0 Å². The van der Waals surface area contributed by atoms with E-state index >= 15 is 0 Å². The van der Waals surface area contributed by atoms with Crippen molar-refractivity contribution in [1.82, 2.24) is 0 Å². The van der Waals surface area contributed by atoms with Gasteiger partial charge in [-0.1, -0.05) is 0 Å². The molecule has 1 saturated heterocycles. The van der Waals surface area contributed by atoms with Crippen LogP contribution in [-0.4, -0.2) is 30.6 Å². The van der Waals surface area contributed by atoms with Crippen molar-refractivity contribution in [3.8, 4) is 0 Å². The van der Waals surface area contributed by atoms with Crippen LogP contribution in [0.1, 0.15) is 13.3 Å². The molecule has 3 nitrogen and oxygen atoms in total. The first-order valence-electron chi connectivity index (χ1n) is 2.84. The van der Waals surface area contributed by atoms with Crippen LogP contribution in [0.15, 0.2) is 0 Å². The Hall–Kier alpha value is -0.0900. The van der Waals surface area contributed by atoms with Crippen LogP contribution in [0.5, 0.6) is 0 Å². The molecular weight excluding hydrogens is 140 g/mol. The highest BCUT2D eigenvalue weighted by molar-refractivity contribution is 7.91. The number of rotatable bonds is 0. The van der Waals surface area contributed by atoms with Gasteiger partial charge < -0.3 is 5.11 Å². The highest BCUT2D eigenvalue weighted by Gasteiger charge is 2.35. The molecule has 0 saturated carbocycles. The van der Waals surface area contributed by atoms with Gasteiger partial charge in [-0.25, -0.2) is 8.42 Å². The summed E-state index contributed by atoms with van der Waals surface area (Å²) in [6.07, 6.45) is 0.384. The zero-order valence-corrected chi connectivity index (χ0v) is 6.11. The van der Waals surface area contributed by atoms with E-state index in [0.29, 0.717) is 6.42 Å². The van der Waals surface area contributed by atoms with Gasteiger partial charge in [-0.2, -0.15) is 0 Å². The van der Waals surface area contributed by atoms with Crippen molar-refractivity contribution in [3.63, 3.8) is 0 Å². The quantitative estimate of drug-likeness (QED) is 0.509. The molecule has 1 aliphatic rings. The Morgan fingerprint density at radius 1 is 1.56 bits per heavy atom. The van der Waals surface area contributed by atoms with E-state index in [2.05, 4.69) is 0 Å². The summed E-state index contributed by atoms with van der Waals surface area (Å²) in [6, 6.07) is 0. The maximum atomic E-state index is 10.7. The summed E-state index contributed by atoms with van der Waals surface area (Å²) < 4.78 is 21.4. The zero-order chi connectivity index (χ0) is 7.12. The lowest BCUT2D eigenvalue weighted by atomic mass is 10.1. The topological polar surface area (TPSA) is 54.4 Å². The van der Waals surface area contributed by atoms with E-state index in [1.807, 2.05) is 0 Å². The van der Waals surface area contributed by atoms with Gasteiger partial charge in [-0.05, 0) is 13.3 Å². The van der Waals surface area contributed by atoms with Crippen molar-refractivity contribution in [2.24, 2.45) is 0 Å². The second-order valence-electron chi connectivity index (χ2n) is 2.84. The van der Waals surface area contributed by atoms with E-state index < -0.39 is 15.4 Å². The normalized spacial score (nSPS) is 41.1. The van der Waals surface area contributed by atoms with Crippen LogP contribution in [0.3, 0.4) is 0 Å². The number of hydrogen-bond donors (Lipinski definition) is 1. The Labute approximate surface area is 54.6 Å². The highest BCUT2D eigenvalue weighted by atomic mass is 32.2. The third kappa shape index (κ3) is 1.66. The lowest BCUT2D eigenvalue weighted by molar-refractivity contribution is 0.0884. The number of sulfone groups is 1. The van der Waals surface area contributed by atoms with Crippen molar-refractivity contribution in [1.29, 1.82) is 0 Å². The van der Waals surface area contributed by atoms with Crippen LogP contribution in [0.2, 0.25) is 0 Å². The number of aliphatic hydroxyl groups is 1. The van der Waals surface area contributed by atoms with Crippen LogP contribution >= 0.6 is 0 Å². The molecule has 0 bridgehead atoms. The minimum absolute atomic E-state index is 0.0694. The fourth-order valence-electron chi connectivity index (χ4n) is 0.993. The average molecular weight is 150 g/mol. The molecule has 1 fully saturated rings. The van der Waals surface area contributed by atoms with Gasteiger partial charge in [-0.3, -0.25) is 0 Å². The summed E-state index contributed by atoms with van der Waals surface area (Å²) in [5.74, 6) is 0.0694. The fourth-order valence-corrected chi connectivity index (χ4v) is 2.98. The van der Waals surface area contributed by atoms with Gasteiger partial charge in [0.05, 0.1) is 17.1 Å². The smallest absolute Gasteiger partial charge is 0.153 e. The number of hydrogen-bond acceptors (Lipinski definition) is 3. The summed E-state index contributed by atoms with van der Waals surface area (Å²) in [6.45, 7) is 1.55. The third-order valence-electron chi connectivity index (χ3n) is 1.48. The van der Waals surface area contributed by atoms with Gasteiger partial charge in [0.25, 0.3) is 0 Å². The highest BCUT2D eigenvalue weighted by Crippen LogP contribution is 2.21. The van der Waals surface area contributed by atoms with Gasteiger partial charge in [-0.15, -0.1) is 0 Å². The van der Waals surface area contributed by atoms with E-state index in [-0.39, 0.29) is 11.5 Å². The zero-order valence-electron chi connectivity index (χ0n) is 5.29. The lowest BCUT2D eigenvalue weighted by Crippen LogP contribution is -2.24. The lowest BCUT2D eigenvalue weighted by Gasteiger charge is -2.10. The molecule has 1 atom stereocenters. The molecule has 0 radical (unpaired) electrons. The van der Waals surface area contributed by atoms with Crippen molar-refractivity contribution in [3.05, 3.63) is 0 Å². The summed E-state index contributed by atoms with van der Waals surface area (Å²) >= 11 is 0. The molecule has 54 valence electrons.